The van der Waals surface area contributed by atoms with Crippen LogP contribution in [0.1, 0.15) is 16.5 Å². The third kappa shape index (κ3) is 2.73. The van der Waals surface area contributed by atoms with Crippen molar-refractivity contribution in [2.24, 2.45) is 0 Å². The van der Waals surface area contributed by atoms with Gasteiger partial charge in [-0.25, -0.2) is 8.78 Å². The Balaban J connectivity index is 2.42. The first-order valence-corrected chi connectivity index (χ1v) is 6.65. The Kier molecular flexibility index (Phi) is 3.91. The van der Waals surface area contributed by atoms with Gasteiger partial charge in [-0.15, -0.1) is 11.3 Å². The summed E-state index contributed by atoms with van der Waals surface area (Å²) in [6.07, 6.45) is 0. The van der Waals surface area contributed by atoms with Gasteiger partial charge >= 0.3 is 0 Å². The summed E-state index contributed by atoms with van der Waals surface area (Å²) >= 11 is 4.88. The van der Waals surface area contributed by atoms with Gasteiger partial charge in [0.05, 0.1) is 6.04 Å². The van der Waals surface area contributed by atoms with Crippen LogP contribution >= 0.6 is 27.3 Å². The van der Waals surface area contributed by atoms with Crippen molar-refractivity contribution in [1.29, 1.82) is 0 Å². The summed E-state index contributed by atoms with van der Waals surface area (Å²) in [7, 11) is 1.75. The van der Waals surface area contributed by atoms with Crippen molar-refractivity contribution in [2.45, 2.75) is 6.04 Å². The summed E-state index contributed by atoms with van der Waals surface area (Å²) in [4.78, 5) is 0.977. The predicted molar refractivity (Wildman–Crippen MR) is 69.3 cm³/mol. The maximum Gasteiger partial charge on any atom is 0.131 e. The molecule has 0 aliphatic heterocycles. The molecule has 0 saturated heterocycles. The summed E-state index contributed by atoms with van der Waals surface area (Å²) in [5.74, 6) is -1.10. The van der Waals surface area contributed by atoms with Gasteiger partial charge in [0.15, 0.2) is 0 Å². The van der Waals surface area contributed by atoms with Crippen LogP contribution in [0.3, 0.4) is 0 Å². The van der Waals surface area contributed by atoms with Gasteiger partial charge in [-0.3, -0.25) is 0 Å². The Morgan fingerprint density at radius 3 is 2.59 bits per heavy atom. The summed E-state index contributed by atoms with van der Waals surface area (Å²) < 4.78 is 27.5. The SMILES string of the molecule is CNC(c1cc(Br)cs1)c1ccc(F)cc1F. The molecule has 2 rings (SSSR count). The van der Waals surface area contributed by atoms with Gasteiger partial charge in [-0.05, 0) is 35.1 Å². The minimum Gasteiger partial charge on any atom is -0.309 e. The molecule has 0 aliphatic rings. The van der Waals surface area contributed by atoms with Gasteiger partial charge in [0.2, 0.25) is 0 Å². The van der Waals surface area contributed by atoms with Crippen LogP contribution in [0.2, 0.25) is 0 Å². The van der Waals surface area contributed by atoms with Gasteiger partial charge in [0.1, 0.15) is 11.6 Å². The highest BCUT2D eigenvalue weighted by atomic mass is 79.9. The molecule has 17 heavy (non-hydrogen) atoms. The van der Waals surface area contributed by atoms with Gasteiger partial charge < -0.3 is 5.32 Å². The lowest BCUT2D eigenvalue weighted by Crippen LogP contribution is -2.17. The van der Waals surface area contributed by atoms with Crippen molar-refractivity contribution >= 4 is 27.3 Å². The van der Waals surface area contributed by atoms with Crippen LogP contribution in [0, 0.1) is 11.6 Å². The number of hydrogen-bond donors (Lipinski definition) is 1. The molecule has 0 aliphatic carbocycles. The monoisotopic (exact) mass is 317 g/mol. The average Bonchev–Trinajstić information content (AvgIpc) is 2.69. The van der Waals surface area contributed by atoms with Crippen molar-refractivity contribution in [1.82, 2.24) is 5.32 Å². The molecule has 90 valence electrons. The number of hydrogen-bond acceptors (Lipinski definition) is 2. The Bertz CT molecular complexity index is 527. The molecular weight excluding hydrogens is 308 g/mol. The fraction of sp³-hybridized carbons (Fsp3) is 0.167. The van der Waals surface area contributed by atoms with Crippen LogP contribution in [-0.4, -0.2) is 7.05 Å². The van der Waals surface area contributed by atoms with E-state index in [1.165, 1.54) is 23.5 Å². The molecule has 1 heterocycles. The van der Waals surface area contributed by atoms with E-state index < -0.39 is 11.6 Å². The second-order valence-electron chi connectivity index (χ2n) is 3.55. The second kappa shape index (κ2) is 5.25. The molecule has 5 heteroatoms. The topological polar surface area (TPSA) is 12.0 Å². The minimum atomic E-state index is -0.562. The minimum absolute atomic E-state index is 0.258. The Morgan fingerprint density at radius 2 is 2.06 bits per heavy atom. The maximum atomic E-state index is 13.7. The van der Waals surface area contributed by atoms with Crippen LogP contribution in [0.25, 0.3) is 0 Å². The van der Waals surface area contributed by atoms with Gasteiger partial charge in [0, 0.05) is 26.4 Å². The number of nitrogens with one attached hydrogen (secondary N) is 1. The quantitative estimate of drug-likeness (QED) is 0.898. The Morgan fingerprint density at radius 1 is 1.29 bits per heavy atom. The Hall–Kier alpha value is -0.780. The fourth-order valence-electron chi connectivity index (χ4n) is 1.67. The molecule has 0 spiro atoms. The second-order valence-corrected chi connectivity index (χ2v) is 5.41. The molecule has 0 radical (unpaired) electrons. The maximum absolute atomic E-state index is 13.7. The highest BCUT2D eigenvalue weighted by Crippen LogP contribution is 2.31. The van der Waals surface area contributed by atoms with Crippen molar-refractivity contribution in [3.05, 3.63) is 56.2 Å². The van der Waals surface area contributed by atoms with Gasteiger partial charge in [-0.2, -0.15) is 0 Å². The molecule has 1 N–H and O–H groups in total. The van der Waals surface area contributed by atoms with Crippen molar-refractivity contribution in [3.63, 3.8) is 0 Å². The van der Waals surface area contributed by atoms with E-state index in [0.29, 0.717) is 5.56 Å². The molecular formula is C12H10BrF2NS. The standard InChI is InChI=1S/C12H10BrF2NS/c1-16-12(11-4-7(13)6-17-11)9-3-2-8(14)5-10(9)15/h2-6,12,16H,1H3. The zero-order valence-corrected chi connectivity index (χ0v) is 11.4. The van der Waals surface area contributed by atoms with Crippen molar-refractivity contribution in [3.8, 4) is 0 Å². The lowest BCUT2D eigenvalue weighted by atomic mass is 10.0. The summed E-state index contributed by atoms with van der Waals surface area (Å²) in [5.41, 5.74) is 0.447. The van der Waals surface area contributed by atoms with Crippen LogP contribution in [-0.2, 0) is 0 Å². The molecule has 0 amide bonds. The number of rotatable bonds is 3. The number of benzene rings is 1. The molecule has 1 atom stereocenters. The van der Waals surface area contributed by atoms with E-state index in [4.69, 9.17) is 0 Å². The van der Waals surface area contributed by atoms with Crippen molar-refractivity contribution < 1.29 is 8.78 Å². The highest BCUT2D eigenvalue weighted by Gasteiger charge is 2.18. The Labute approximate surface area is 111 Å². The lowest BCUT2D eigenvalue weighted by molar-refractivity contribution is 0.553. The molecule has 0 saturated carbocycles. The smallest absolute Gasteiger partial charge is 0.131 e. The highest BCUT2D eigenvalue weighted by molar-refractivity contribution is 9.10. The first-order chi connectivity index (χ1) is 8.11. The molecule has 2 aromatic rings. The zero-order valence-electron chi connectivity index (χ0n) is 9.01. The summed E-state index contributed by atoms with van der Waals surface area (Å²) in [5, 5.41) is 4.97. The van der Waals surface area contributed by atoms with Crippen LogP contribution in [0.5, 0.6) is 0 Å². The molecule has 0 fully saturated rings. The number of thiophene rings is 1. The first-order valence-electron chi connectivity index (χ1n) is 4.98. The van der Waals surface area contributed by atoms with E-state index in [1.807, 2.05) is 11.4 Å². The first kappa shape index (κ1) is 12.7. The fourth-order valence-corrected chi connectivity index (χ4v) is 3.24. The lowest BCUT2D eigenvalue weighted by Gasteiger charge is -2.15. The van der Waals surface area contributed by atoms with E-state index in [1.54, 1.807) is 7.05 Å². The third-order valence-electron chi connectivity index (χ3n) is 2.43. The molecule has 1 unspecified atom stereocenters. The largest absolute Gasteiger partial charge is 0.309 e. The summed E-state index contributed by atoms with van der Waals surface area (Å²) in [6.45, 7) is 0. The van der Waals surface area contributed by atoms with E-state index >= 15 is 0 Å². The predicted octanol–water partition coefficient (Wildman–Crippen LogP) is 4.10. The van der Waals surface area contributed by atoms with E-state index in [9.17, 15) is 8.78 Å². The van der Waals surface area contributed by atoms with Crippen molar-refractivity contribution in [2.75, 3.05) is 7.05 Å². The molecule has 0 bridgehead atoms. The average molecular weight is 318 g/mol. The van der Waals surface area contributed by atoms with Gasteiger partial charge in [-0.1, -0.05) is 6.07 Å². The molecule has 1 aromatic heterocycles. The molecule has 1 aromatic carbocycles. The normalized spacial score (nSPS) is 12.7. The van der Waals surface area contributed by atoms with E-state index in [-0.39, 0.29) is 6.04 Å². The van der Waals surface area contributed by atoms with E-state index in [0.717, 1.165) is 15.4 Å². The zero-order chi connectivity index (χ0) is 12.4. The van der Waals surface area contributed by atoms with Crippen LogP contribution < -0.4 is 5.32 Å². The molecule has 1 nitrogen and oxygen atoms in total. The van der Waals surface area contributed by atoms with Crippen LogP contribution in [0.15, 0.2) is 34.1 Å². The van der Waals surface area contributed by atoms with E-state index in [2.05, 4.69) is 21.2 Å². The third-order valence-corrected chi connectivity index (χ3v) is 4.19. The summed E-state index contributed by atoms with van der Waals surface area (Å²) in [6, 6.07) is 5.31. The van der Waals surface area contributed by atoms with Crippen LogP contribution in [0.4, 0.5) is 8.78 Å². The van der Waals surface area contributed by atoms with Gasteiger partial charge in [0.25, 0.3) is 0 Å². The number of halogens is 3.